The van der Waals surface area contributed by atoms with Gasteiger partial charge >= 0.3 is 0 Å². The number of hydrogen-bond acceptors (Lipinski definition) is 5. The molecule has 1 amide bonds. The van der Waals surface area contributed by atoms with Crippen molar-refractivity contribution in [2.75, 3.05) is 10.6 Å². The average molecular weight is 329 g/mol. The van der Waals surface area contributed by atoms with Crippen LogP contribution in [0.2, 0.25) is 0 Å². The van der Waals surface area contributed by atoms with Gasteiger partial charge in [0.25, 0.3) is 5.91 Å². The SMILES string of the molecule is Cc1ccccc1C(=O)Nc1ccc(Nc2cccc(C#N)c2)nn1. The van der Waals surface area contributed by atoms with Crippen LogP contribution in [0.15, 0.2) is 60.7 Å². The van der Waals surface area contributed by atoms with Gasteiger partial charge in [0.05, 0.1) is 11.6 Å². The minimum absolute atomic E-state index is 0.227. The molecular formula is C19H15N5O. The molecule has 6 heteroatoms. The van der Waals surface area contributed by atoms with Crippen molar-refractivity contribution in [3.63, 3.8) is 0 Å². The van der Waals surface area contributed by atoms with Crippen LogP contribution in [0.5, 0.6) is 0 Å². The van der Waals surface area contributed by atoms with Crippen molar-refractivity contribution in [1.82, 2.24) is 10.2 Å². The predicted molar refractivity (Wildman–Crippen MR) is 95.6 cm³/mol. The summed E-state index contributed by atoms with van der Waals surface area (Å²) in [5.74, 6) is 0.656. The highest BCUT2D eigenvalue weighted by atomic mass is 16.1. The molecule has 25 heavy (non-hydrogen) atoms. The van der Waals surface area contributed by atoms with Gasteiger partial charge in [0, 0.05) is 11.3 Å². The molecule has 3 aromatic rings. The summed E-state index contributed by atoms with van der Waals surface area (Å²) in [5.41, 5.74) is 2.79. The number of hydrogen-bond donors (Lipinski definition) is 2. The van der Waals surface area contributed by atoms with E-state index in [9.17, 15) is 4.79 Å². The van der Waals surface area contributed by atoms with Gasteiger partial charge in [-0.3, -0.25) is 4.79 Å². The maximum Gasteiger partial charge on any atom is 0.257 e. The van der Waals surface area contributed by atoms with Crippen molar-refractivity contribution >= 4 is 23.2 Å². The fraction of sp³-hybridized carbons (Fsp3) is 0.0526. The second kappa shape index (κ2) is 7.23. The average Bonchev–Trinajstić information content (AvgIpc) is 2.64. The van der Waals surface area contributed by atoms with E-state index in [1.54, 1.807) is 36.4 Å². The molecule has 0 fully saturated rings. The van der Waals surface area contributed by atoms with Crippen LogP contribution >= 0.6 is 0 Å². The highest BCUT2D eigenvalue weighted by molar-refractivity contribution is 6.04. The number of carbonyl (C=O) groups is 1. The van der Waals surface area contributed by atoms with Crippen LogP contribution in [-0.2, 0) is 0 Å². The Morgan fingerprint density at radius 1 is 1.00 bits per heavy atom. The smallest absolute Gasteiger partial charge is 0.257 e. The molecule has 0 aliphatic heterocycles. The number of anilines is 3. The van der Waals surface area contributed by atoms with Crippen LogP contribution < -0.4 is 10.6 Å². The number of rotatable bonds is 4. The van der Waals surface area contributed by atoms with E-state index in [-0.39, 0.29) is 5.91 Å². The zero-order valence-corrected chi connectivity index (χ0v) is 13.5. The Labute approximate surface area is 145 Å². The van der Waals surface area contributed by atoms with E-state index >= 15 is 0 Å². The van der Waals surface area contributed by atoms with Crippen LogP contribution in [0.1, 0.15) is 21.5 Å². The Bertz CT molecular complexity index is 945. The molecule has 0 spiro atoms. The molecule has 3 rings (SSSR count). The summed E-state index contributed by atoms with van der Waals surface area (Å²) < 4.78 is 0. The number of nitriles is 1. The lowest BCUT2D eigenvalue weighted by atomic mass is 10.1. The van der Waals surface area contributed by atoms with Crippen LogP contribution in [0.4, 0.5) is 17.3 Å². The first-order valence-electron chi connectivity index (χ1n) is 7.63. The number of nitrogens with one attached hydrogen (secondary N) is 2. The number of amides is 1. The van der Waals surface area contributed by atoms with Gasteiger partial charge in [-0.2, -0.15) is 5.26 Å². The van der Waals surface area contributed by atoms with Gasteiger partial charge < -0.3 is 10.6 Å². The molecule has 2 N–H and O–H groups in total. The fourth-order valence-corrected chi connectivity index (χ4v) is 2.29. The summed E-state index contributed by atoms with van der Waals surface area (Å²) in [7, 11) is 0. The van der Waals surface area contributed by atoms with E-state index in [0.29, 0.717) is 22.8 Å². The van der Waals surface area contributed by atoms with Gasteiger partial charge in [-0.1, -0.05) is 24.3 Å². The first-order valence-corrected chi connectivity index (χ1v) is 7.63. The third-order valence-corrected chi connectivity index (χ3v) is 3.56. The van der Waals surface area contributed by atoms with Crippen LogP contribution in [0.3, 0.4) is 0 Å². The lowest BCUT2D eigenvalue weighted by Crippen LogP contribution is -2.14. The molecule has 0 atom stereocenters. The Morgan fingerprint density at radius 2 is 1.76 bits per heavy atom. The summed E-state index contributed by atoms with van der Waals surface area (Å²) in [6, 6.07) is 19.8. The third kappa shape index (κ3) is 3.98. The largest absolute Gasteiger partial charge is 0.339 e. The van der Waals surface area contributed by atoms with Crippen molar-refractivity contribution < 1.29 is 4.79 Å². The first kappa shape index (κ1) is 16.1. The molecule has 0 bridgehead atoms. The van der Waals surface area contributed by atoms with Crippen molar-refractivity contribution in [3.05, 3.63) is 77.4 Å². The summed E-state index contributed by atoms with van der Waals surface area (Å²) in [6.07, 6.45) is 0. The second-order valence-electron chi connectivity index (χ2n) is 5.39. The first-order chi connectivity index (χ1) is 12.2. The molecule has 6 nitrogen and oxygen atoms in total. The highest BCUT2D eigenvalue weighted by Crippen LogP contribution is 2.16. The number of aromatic nitrogens is 2. The van der Waals surface area contributed by atoms with E-state index in [2.05, 4.69) is 26.9 Å². The van der Waals surface area contributed by atoms with E-state index in [0.717, 1.165) is 11.3 Å². The monoisotopic (exact) mass is 329 g/mol. The molecule has 0 aliphatic rings. The summed E-state index contributed by atoms with van der Waals surface area (Å²) in [5, 5.41) is 22.7. The maximum absolute atomic E-state index is 12.3. The quantitative estimate of drug-likeness (QED) is 0.762. The van der Waals surface area contributed by atoms with E-state index < -0.39 is 0 Å². The zero-order chi connectivity index (χ0) is 17.6. The van der Waals surface area contributed by atoms with Crippen molar-refractivity contribution in [2.24, 2.45) is 0 Å². The molecule has 0 saturated carbocycles. The second-order valence-corrected chi connectivity index (χ2v) is 5.39. The van der Waals surface area contributed by atoms with Crippen molar-refractivity contribution in [1.29, 1.82) is 5.26 Å². The van der Waals surface area contributed by atoms with Crippen molar-refractivity contribution in [2.45, 2.75) is 6.92 Å². The van der Waals surface area contributed by atoms with Crippen LogP contribution in [0.25, 0.3) is 0 Å². The Hall–Kier alpha value is -3.72. The van der Waals surface area contributed by atoms with Crippen LogP contribution in [0, 0.1) is 18.3 Å². The Morgan fingerprint density at radius 3 is 2.48 bits per heavy atom. The van der Waals surface area contributed by atoms with E-state index in [1.165, 1.54) is 0 Å². The number of benzene rings is 2. The highest BCUT2D eigenvalue weighted by Gasteiger charge is 2.09. The van der Waals surface area contributed by atoms with Crippen LogP contribution in [-0.4, -0.2) is 16.1 Å². The summed E-state index contributed by atoms with van der Waals surface area (Å²) >= 11 is 0. The zero-order valence-electron chi connectivity index (χ0n) is 13.5. The minimum atomic E-state index is -0.227. The maximum atomic E-state index is 12.3. The molecular weight excluding hydrogens is 314 g/mol. The van der Waals surface area contributed by atoms with Gasteiger partial charge in [0.15, 0.2) is 11.6 Å². The van der Waals surface area contributed by atoms with Crippen molar-refractivity contribution in [3.8, 4) is 6.07 Å². The summed E-state index contributed by atoms with van der Waals surface area (Å²) in [6.45, 7) is 1.88. The number of nitrogens with zero attached hydrogens (tertiary/aromatic N) is 3. The molecule has 0 aliphatic carbocycles. The molecule has 0 saturated heterocycles. The van der Waals surface area contributed by atoms with E-state index in [4.69, 9.17) is 5.26 Å². The lowest BCUT2D eigenvalue weighted by molar-refractivity contribution is 0.102. The number of carbonyl (C=O) groups excluding carboxylic acids is 1. The number of aryl methyl sites for hydroxylation is 1. The molecule has 0 unspecified atom stereocenters. The van der Waals surface area contributed by atoms with E-state index in [1.807, 2.05) is 31.2 Å². The standard InChI is InChI=1S/C19H15N5O/c1-13-5-2-3-8-16(13)19(25)22-18-10-9-17(23-24-18)21-15-7-4-6-14(11-15)12-20/h2-11H,1H3,(H,21,23)(H,22,24,25). The minimum Gasteiger partial charge on any atom is -0.339 e. The van der Waals surface area contributed by atoms with Gasteiger partial charge in [-0.25, -0.2) is 0 Å². The Kier molecular flexibility index (Phi) is 4.67. The molecule has 122 valence electrons. The molecule has 1 heterocycles. The molecule has 2 aromatic carbocycles. The van der Waals surface area contributed by atoms with Gasteiger partial charge in [0.2, 0.25) is 0 Å². The van der Waals surface area contributed by atoms with Gasteiger partial charge in [0.1, 0.15) is 0 Å². The van der Waals surface area contributed by atoms with Gasteiger partial charge in [-0.05, 0) is 48.9 Å². The fourth-order valence-electron chi connectivity index (χ4n) is 2.29. The predicted octanol–water partition coefficient (Wildman–Crippen LogP) is 3.65. The van der Waals surface area contributed by atoms with Gasteiger partial charge in [-0.15, -0.1) is 10.2 Å². The topological polar surface area (TPSA) is 90.7 Å². The third-order valence-electron chi connectivity index (χ3n) is 3.56. The lowest BCUT2D eigenvalue weighted by Gasteiger charge is -2.08. The Balaban J connectivity index is 1.69. The molecule has 0 radical (unpaired) electrons. The molecule has 1 aromatic heterocycles. The summed E-state index contributed by atoms with van der Waals surface area (Å²) in [4.78, 5) is 12.3. The normalized spacial score (nSPS) is 9.92.